The van der Waals surface area contributed by atoms with Crippen LogP contribution < -0.4 is 5.73 Å². The van der Waals surface area contributed by atoms with Gasteiger partial charge in [0.25, 0.3) is 0 Å². The summed E-state index contributed by atoms with van der Waals surface area (Å²) in [5.41, 5.74) is 9.67. The third-order valence-electron chi connectivity index (χ3n) is 2.66. The molecule has 4 heteroatoms. The van der Waals surface area contributed by atoms with Crippen LogP contribution in [0.1, 0.15) is 17.0 Å². The molecule has 2 N–H and O–H groups in total. The Morgan fingerprint density at radius 1 is 1.00 bits per heavy atom. The van der Waals surface area contributed by atoms with Crippen LogP contribution in [0.3, 0.4) is 0 Å². The van der Waals surface area contributed by atoms with Crippen molar-refractivity contribution in [1.29, 1.82) is 0 Å². The van der Waals surface area contributed by atoms with Gasteiger partial charge in [0, 0.05) is 29.1 Å². The molecule has 3 nitrogen and oxygen atoms in total. The van der Waals surface area contributed by atoms with E-state index in [0.717, 1.165) is 28.3 Å². The van der Waals surface area contributed by atoms with Gasteiger partial charge in [-0.2, -0.15) is 0 Å². The Bertz CT molecular complexity index is 474. The molecule has 90 valence electrons. The summed E-state index contributed by atoms with van der Waals surface area (Å²) in [5.74, 6) is 0.771. The molecule has 0 atom stereocenters. The first-order valence-corrected chi connectivity index (χ1v) is 5.32. The molecule has 1 heterocycles. The monoisotopic (exact) mass is 249 g/mol. The molecule has 1 aromatic heterocycles. The van der Waals surface area contributed by atoms with E-state index in [9.17, 15) is 0 Å². The predicted molar refractivity (Wildman–Crippen MR) is 72.1 cm³/mol. The molecular weight excluding hydrogens is 234 g/mol. The molecule has 0 spiro atoms. The maximum absolute atomic E-state index is 5.66. The molecule has 0 saturated heterocycles. The number of aromatic nitrogens is 2. The van der Waals surface area contributed by atoms with Crippen molar-refractivity contribution in [3.8, 4) is 11.4 Å². The Hall–Kier alpha value is -1.45. The summed E-state index contributed by atoms with van der Waals surface area (Å²) in [6, 6.07) is 9.98. The SMILES string of the molecule is Cc1nc(-c2ccccc2)nc(C)c1CN.Cl. The summed E-state index contributed by atoms with van der Waals surface area (Å²) in [5, 5.41) is 0. The molecule has 0 saturated carbocycles. The highest BCUT2D eigenvalue weighted by Gasteiger charge is 2.07. The number of hydrogen-bond donors (Lipinski definition) is 1. The van der Waals surface area contributed by atoms with Crippen LogP contribution in [0.25, 0.3) is 11.4 Å². The zero-order valence-electron chi connectivity index (χ0n) is 9.97. The van der Waals surface area contributed by atoms with Gasteiger partial charge >= 0.3 is 0 Å². The highest BCUT2D eigenvalue weighted by atomic mass is 35.5. The quantitative estimate of drug-likeness (QED) is 0.890. The standard InChI is InChI=1S/C13H15N3.ClH/c1-9-12(8-14)10(2)16-13(15-9)11-6-4-3-5-7-11;/h3-7H,8,14H2,1-2H3;1H. The predicted octanol–water partition coefficient (Wildman–Crippen LogP) is 2.64. The van der Waals surface area contributed by atoms with Gasteiger partial charge in [0.05, 0.1) is 0 Å². The van der Waals surface area contributed by atoms with Gasteiger partial charge in [-0.05, 0) is 13.8 Å². The zero-order chi connectivity index (χ0) is 11.5. The van der Waals surface area contributed by atoms with E-state index in [4.69, 9.17) is 5.73 Å². The summed E-state index contributed by atoms with van der Waals surface area (Å²) in [4.78, 5) is 8.97. The fourth-order valence-electron chi connectivity index (χ4n) is 1.75. The second kappa shape index (κ2) is 5.75. The highest BCUT2D eigenvalue weighted by Crippen LogP contribution is 2.17. The van der Waals surface area contributed by atoms with Crippen molar-refractivity contribution in [2.75, 3.05) is 0 Å². The van der Waals surface area contributed by atoms with Crippen LogP contribution >= 0.6 is 12.4 Å². The maximum atomic E-state index is 5.66. The summed E-state index contributed by atoms with van der Waals surface area (Å²) in [6.07, 6.45) is 0. The molecule has 17 heavy (non-hydrogen) atoms. The lowest BCUT2D eigenvalue weighted by molar-refractivity contribution is 0.939. The van der Waals surface area contributed by atoms with Crippen molar-refractivity contribution >= 4 is 12.4 Å². The molecular formula is C13H16ClN3. The van der Waals surface area contributed by atoms with Crippen molar-refractivity contribution in [2.24, 2.45) is 5.73 Å². The first-order valence-electron chi connectivity index (χ1n) is 5.32. The van der Waals surface area contributed by atoms with Gasteiger partial charge < -0.3 is 5.73 Å². The van der Waals surface area contributed by atoms with Crippen molar-refractivity contribution in [2.45, 2.75) is 20.4 Å². The van der Waals surface area contributed by atoms with E-state index in [-0.39, 0.29) is 12.4 Å². The van der Waals surface area contributed by atoms with Gasteiger partial charge in [-0.25, -0.2) is 9.97 Å². The van der Waals surface area contributed by atoms with E-state index in [0.29, 0.717) is 6.54 Å². The zero-order valence-corrected chi connectivity index (χ0v) is 10.8. The molecule has 0 aliphatic heterocycles. The molecule has 0 amide bonds. The van der Waals surface area contributed by atoms with Crippen LogP contribution in [0.4, 0.5) is 0 Å². The van der Waals surface area contributed by atoms with Crippen molar-refractivity contribution in [3.05, 3.63) is 47.3 Å². The fraction of sp³-hybridized carbons (Fsp3) is 0.231. The minimum atomic E-state index is 0. The number of hydrogen-bond acceptors (Lipinski definition) is 3. The average Bonchev–Trinajstić information content (AvgIpc) is 2.30. The van der Waals surface area contributed by atoms with Crippen molar-refractivity contribution < 1.29 is 0 Å². The molecule has 1 aromatic carbocycles. The van der Waals surface area contributed by atoms with Crippen molar-refractivity contribution in [3.63, 3.8) is 0 Å². The van der Waals surface area contributed by atoms with Gasteiger partial charge in [-0.3, -0.25) is 0 Å². The maximum Gasteiger partial charge on any atom is 0.159 e. The first-order chi connectivity index (χ1) is 7.72. The van der Waals surface area contributed by atoms with Gasteiger partial charge in [0.1, 0.15) is 0 Å². The van der Waals surface area contributed by atoms with Crippen molar-refractivity contribution in [1.82, 2.24) is 9.97 Å². The smallest absolute Gasteiger partial charge is 0.159 e. The van der Waals surface area contributed by atoms with Crippen LogP contribution in [0.5, 0.6) is 0 Å². The molecule has 0 unspecified atom stereocenters. The molecule has 0 fully saturated rings. The summed E-state index contributed by atoms with van der Waals surface area (Å²) >= 11 is 0. The van der Waals surface area contributed by atoms with Crippen LogP contribution in [0.15, 0.2) is 30.3 Å². The average molecular weight is 250 g/mol. The van der Waals surface area contributed by atoms with Crippen LogP contribution in [0, 0.1) is 13.8 Å². The Morgan fingerprint density at radius 2 is 1.53 bits per heavy atom. The van der Waals surface area contributed by atoms with Gasteiger partial charge in [-0.1, -0.05) is 30.3 Å². The molecule has 2 rings (SSSR count). The van der Waals surface area contributed by atoms with Crippen LogP contribution in [-0.4, -0.2) is 9.97 Å². The topological polar surface area (TPSA) is 51.8 Å². The Labute approximate surface area is 108 Å². The van der Waals surface area contributed by atoms with Crippen LogP contribution in [-0.2, 0) is 6.54 Å². The Morgan fingerprint density at radius 3 is 2.00 bits per heavy atom. The lowest BCUT2D eigenvalue weighted by Gasteiger charge is -2.08. The van der Waals surface area contributed by atoms with E-state index >= 15 is 0 Å². The first kappa shape index (κ1) is 13.6. The minimum Gasteiger partial charge on any atom is -0.326 e. The van der Waals surface area contributed by atoms with E-state index in [1.165, 1.54) is 0 Å². The third-order valence-corrected chi connectivity index (χ3v) is 2.66. The van der Waals surface area contributed by atoms with E-state index in [1.807, 2.05) is 44.2 Å². The summed E-state index contributed by atoms with van der Waals surface area (Å²) in [7, 11) is 0. The second-order valence-electron chi connectivity index (χ2n) is 3.77. The number of nitrogens with two attached hydrogens (primary N) is 1. The lowest BCUT2D eigenvalue weighted by Crippen LogP contribution is -2.07. The fourth-order valence-corrected chi connectivity index (χ4v) is 1.75. The number of aryl methyl sites for hydroxylation is 2. The van der Waals surface area contributed by atoms with Crippen LogP contribution in [0.2, 0.25) is 0 Å². The summed E-state index contributed by atoms with van der Waals surface area (Å²) < 4.78 is 0. The van der Waals surface area contributed by atoms with Gasteiger partial charge in [-0.15, -0.1) is 12.4 Å². The Balaban J connectivity index is 0.00000144. The second-order valence-corrected chi connectivity index (χ2v) is 3.77. The normalized spacial score (nSPS) is 9.82. The number of rotatable bonds is 2. The number of halogens is 1. The number of benzene rings is 1. The molecule has 0 aliphatic rings. The molecule has 0 bridgehead atoms. The lowest BCUT2D eigenvalue weighted by atomic mass is 10.1. The minimum absolute atomic E-state index is 0. The van der Waals surface area contributed by atoms with E-state index < -0.39 is 0 Å². The largest absolute Gasteiger partial charge is 0.326 e. The Kier molecular flexibility index (Phi) is 4.61. The number of nitrogens with zero attached hydrogens (tertiary/aromatic N) is 2. The van der Waals surface area contributed by atoms with E-state index in [2.05, 4.69) is 9.97 Å². The highest BCUT2D eigenvalue weighted by molar-refractivity contribution is 5.85. The van der Waals surface area contributed by atoms with E-state index in [1.54, 1.807) is 0 Å². The molecule has 0 radical (unpaired) electrons. The third kappa shape index (κ3) is 2.81. The molecule has 0 aliphatic carbocycles. The van der Waals surface area contributed by atoms with Gasteiger partial charge in [0.15, 0.2) is 5.82 Å². The molecule has 2 aromatic rings. The van der Waals surface area contributed by atoms with Gasteiger partial charge in [0.2, 0.25) is 0 Å². The summed E-state index contributed by atoms with van der Waals surface area (Å²) in [6.45, 7) is 4.44.